The van der Waals surface area contributed by atoms with Crippen LogP contribution in [0.3, 0.4) is 0 Å². The van der Waals surface area contributed by atoms with E-state index in [4.69, 9.17) is 9.47 Å². The van der Waals surface area contributed by atoms with Crippen LogP contribution in [0.25, 0.3) is 0 Å². The van der Waals surface area contributed by atoms with Crippen molar-refractivity contribution in [2.24, 2.45) is 5.92 Å². The van der Waals surface area contributed by atoms with Gasteiger partial charge in [-0.3, -0.25) is 10.1 Å². The molecule has 0 heterocycles. The van der Waals surface area contributed by atoms with Gasteiger partial charge in [0.25, 0.3) is 5.91 Å². The van der Waals surface area contributed by atoms with Gasteiger partial charge in [0, 0.05) is 6.54 Å². The first-order valence-corrected chi connectivity index (χ1v) is 8.52. The van der Waals surface area contributed by atoms with Crippen LogP contribution in [0.4, 0.5) is 4.79 Å². The summed E-state index contributed by atoms with van der Waals surface area (Å²) >= 11 is 0. The van der Waals surface area contributed by atoms with Gasteiger partial charge in [-0.15, -0.1) is 0 Å². The summed E-state index contributed by atoms with van der Waals surface area (Å²) in [7, 11) is 0. The van der Waals surface area contributed by atoms with Crippen LogP contribution in [0.15, 0.2) is 54.6 Å². The Bertz CT molecular complexity index is 790. The van der Waals surface area contributed by atoms with E-state index in [-0.39, 0.29) is 11.5 Å². The third kappa shape index (κ3) is 7.19. The van der Waals surface area contributed by atoms with E-state index in [1.165, 1.54) is 6.07 Å². The van der Waals surface area contributed by atoms with Crippen LogP contribution >= 0.6 is 0 Å². The first-order valence-electron chi connectivity index (χ1n) is 8.52. The van der Waals surface area contributed by atoms with Crippen LogP contribution < -0.4 is 15.4 Å². The molecule has 7 nitrogen and oxygen atoms in total. The third-order valence-corrected chi connectivity index (χ3v) is 3.31. The fourth-order valence-corrected chi connectivity index (χ4v) is 2.03. The second-order valence-corrected chi connectivity index (χ2v) is 6.17. The summed E-state index contributed by atoms with van der Waals surface area (Å²) in [5.74, 6) is -0.0374. The zero-order valence-electron chi connectivity index (χ0n) is 15.2. The number of esters is 1. The van der Waals surface area contributed by atoms with Crippen molar-refractivity contribution in [2.45, 2.75) is 13.8 Å². The predicted molar refractivity (Wildman–Crippen MR) is 99.6 cm³/mol. The number of urea groups is 1. The van der Waals surface area contributed by atoms with Crippen LogP contribution in [-0.4, -0.2) is 31.1 Å². The van der Waals surface area contributed by atoms with Gasteiger partial charge in [0.15, 0.2) is 6.61 Å². The number of carbonyl (C=O) groups is 3. The summed E-state index contributed by atoms with van der Waals surface area (Å²) < 4.78 is 10.6. The summed E-state index contributed by atoms with van der Waals surface area (Å²) in [6, 6.07) is 14.9. The SMILES string of the molecule is CC(C)CNC(=O)NC(=O)COC(=O)c1cccc(Oc2ccccc2)c1. The number of hydrogen-bond acceptors (Lipinski definition) is 5. The molecule has 0 saturated carbocycles. The van der Waals surface area contributed by atoms with Gasteiger partial charge >= 0.3 is 12.0 Å². The first kappa shape index (κ1) is 20.0. The van der Waals surface area contributed by atoms with Crippen LogP contribution in [0.2, 0.25) is 0 Å². The molecular weight excluding hydrogens is 348 g/mol. The molecule has 0 bridgehead atoms. The zero-order valence-corrected chi connectivity index (χ0v) is 15.2. The zero-order chi connectivity index (χ0) is 19.6. The molecule has 0 fully saturated rings. The Morgan fingerprint density at radius 1 is 0.963 bits per heavy atom. The number of nitrogens with one attached hydrogen (secondary N) is 2. The molecule has 3 amide bonds. The molecule has 7 heteroatoms. The molecule has 142 valence electrons. The lowest BCUT2D eigenvalue weighted by molar-refractivity contribution is -0.123. The smallest absolute Gasteiger partial charge is 0.338 e. The Hall–Kier alpha value is -3.35. The quantitative estimate of drug-likeness (QED) is 0.731. The van der Waals surface area contributed by atoms with E-state index in [1.807, 2.05) is 32.0 Å². The van der Waals surface area contributed by atoms with Crippen molar-refractivity contribution in [3.63, 3.8) is 0 Å². The minimum atomic E-state index is -0.707. The van der Waals surface area contributed by atoms with Crippen molar-refractivity contribution in [3.8, 4) is 11.5 Å². The lowest BCUT2D eigenvalue weighted by Gasteiger charge is -2.09. The molecule has 0 aromatic heterocycles. The first-order chi connectivity index (χ1) is 12.9. The molecule has 0 aliphatic heterocycles. The number of para-hydroxylation sites is 1. The Morgan fingerprint density at radius 2 is 1.67 bits per heavy atom. The predicted octanol–water partition coefficient (Wildman–Crippen LogP) is 3.12. The van der Waals surface area contributed by atoms with Gasteiger partial charge in [0.05, 0.1) is 5.56 Å². The molecule has 0 spiro atoms. The number of amides is 3. The normalized spacial score (nSPS) is 10.2. The van der Waals surface area contributed by atoms with Crippen molar-refractivity contribution in [1.29, 1.82) is 0 Å². The van der Waals surface area contributed by atoms with Crippen molar-refractivity contribution < 1.29 is 23.9 Å². The van der Waals surface area contributed by atoms with Gasteiger partial charge in [0.1, 0.15) is 11.5 Å². The summed E-state index contributed by atoms with van der Waals surface area (Å²) in [5, 5.41) is 4.63. The van der Waals surface area contributed by atoms with Gasteiger partial charge in [-0.2, -0.15) is 0 Å². The Morgan fingerprint density at radius 3 is 2.37 bits per heavy atom. The van der Waals surface area contributed by atoms with Crippen LogP contribution in [0.1, 0.15) is 24.2 Å². The fourth-order valence-electron chi connectivity index (χ4n) is 2.03. The van der Waals surface area contributed by atoms with Crippen molar-refractivity contribution in [2.75, 3.05) is 13.2 Å². The van der Waals surface area contributed by atoms with Crippen LogP contribution in [-0.2, 0) is 9.53 Å². The van der Waals surface area contributed by atoms with Crippen LogP contribution in [0, 0.1) is 5.92 Å². The lowest BCUT2D eigenvalue weighted by atomic mass is 10.2. The van der Waals surface area contributed by atoms with Gasteiger partial charge in [0.2, 0.25) is 0 Å². The van der Waals surface area contributed by atoms with Crippen LogP contribution in [0.5, 0.6) is 11.5 Å². The van der Waals surface area contributed by atoms with Gasteiger partial charge in [-0.05, 0) is 36.2 Å². The second-order valence-electron chi connectivity index (χ2n) is 6.17. The topological polar surface area (TPSA) is 93.7 Å². The average molecular weight is 370 g/mol. The van der Waals surface area contributed by atoms with E-state index in [1.54, 1.807) is 30.3 Å². The highest BCUT2D eigenvalue weighted by molar-refractivity contribution is 5.97. The maximum Gasteiger partial charge on any atom is 0.338 e. The van der Waals surface area contributed by atoms with E-state index < -0.39 is 24.5 Å². The molecule has 0 aliphatic carbocycles. The van der Waals surface area contributed by atoms with E-state index in [2.05, 4.69) is 10.6 Å². The highest BCUT2D eigenvalue weighted by atomic mass is 16.5. The Kier molecular flexibility index (Phi) is 7.37. The molecule has 0 radical (unpaired) electrons. The standard InChI is InChI=1S/C20H22N2O5/c1-14(2)12-21-20(25)22-18(23)13-26-19(24)15-7-6-10-17(11-15)27-16-8-4-3-5-9-16/h3-11,14H,12-13H2,1-2H3,(H2,21,22,23,25). The summed E-state index contributed by atoms with van der Waals surface area (Å²) in [4.78, 5) is 35.3. The molecule has 0 unspecified atom stereocenters. The molecular formula is C20H22N2O5. The maximum absolute atomic E-state index is 12.1. The second kappa shape index (κ2) is 9.96. The third-order valence-electron chi connectivity index (χ3n) is 3.31. The van der Waals surface area contributed by atoms with E-state index >= 15 is 0 Å². The number of imide groups is 1. The highest BCUT2D eigenvalue weighted by Crippen LogP contribution is 2.22. The minimum absolute atomic E-state index is 0.237. The summed E-state index contributed by atoms with van der Waals surface area (Å²) in [6.07, 6.45) is 0. The van der Waals surface area contributed by atoms with Gasteiger partial charge < -0.3 is 14.8 Å². The summed E-state index contributed by atoms with van der Waals surface area (Å²) in [6.45, 7) is 3.74. The summed E-state index contributed by atoms with van der Waals surface area (Å²) in [5.41, 5.74) is 0.237. The molecule has 2 aromatic carbocycles. The number of benzene rings is 2. The number of rotatable bonds is 7. The number of ether oxygens (including phenoxy) is 2. The maximum atomic E-state index is 12.1. The fraction of sp³-hybridized carbons (Fsp3) is 0.250. The molecule has 27 heavy (non-hydrogen) atoms. The van der Waals surface area contributed by atoms with Crippen molar-refractivity contribution in [3.05, 3.63) is 60.2 Å². The van der Waals surface area contributed by atoms with Crippen molar-refractivity contribution in [1.82, 2.24) is 10.6 Å². The Balaban J connectivity index is 1.84. The number of hydrogen-bond donors (Lipinski definition) is 2. The number of carbonyl (C=O) groups excluding carboxylic acids is 3. The van der Waals surface area contributed by atoms with Crippen molar-refractivity contribution >= 4 is 17.9 Å². The van der Waals surface area contributed by atoms with E-state index in [9.17, 15) is 14.4 Å². The lowest BCUT2D eigenvalue weighted by Crippen LogP contribution is -2.42. The molecule has 0 atom stereocenters. The Labute approximate surface area is 157 Å². The molecule has 2 N–H and O–H groups in total. The minimum Gasteiger partial charge on any atom is -0.457 e. The molecule has 0 saturated heterocycles. The van der Waals surface area contributed by atoms with Gasteiger partial charge in [-0.1, -0.05) is 38.1 Å². The monoisotopic (exact) mass is 370 g/mol. The molecule has 2 rings (SSSR count). The molecule has 0 aliphatic rings. The molecule has 2 aromatic rings. The van der Waals surface area contributed by atoms with E-state index in [0.717, 1.165) is 0 Å². The largest absolute Gasteiger partial charge is 0.457 e. The average Bonchev–Trinajstić information content (AvgIpc) is 2.65. The van der Waals surface area contributed by atoms with E-state index in [0.29, 0.717) is 18.0 Å². The van der Waals surface area contributed by atoms with Gasteiger partial charge in [-0.25, -0.2) is 9.59 Å². The highest BCUT2D eigenvalue weighted by Gasteiger charge is 2.13.